The largest absolute Gasteiger partial charge is 0.489 e. The molecule has 0 fully saturated rings. The predicted octanol–water partition coefficient (Wildman–Crippen LogP) is 3.07. The molecular weight excluding hydrogens is 504 g/mol. The fraction of sp³-hybridized carbons (Fsp3) is 0.154. The molecule has 0 amide bonds. The zero-order valence-corrected chi connectivity index (χ0v) is 19.7. The quantitative estimate of drug-likeness (QED) is 0.207. The van der Waals surface area contributed by atoms with Crippen LogP contribution < -0.4 is 28.4 Å². The van der Waals surface area contributed by atoms with Crippen molar-refractivity contribution in [3.8, 4) is 34.5 Å². The second kappa shape index (κ2) is 13.7. The molecular formula is C26H22O12. The summed E-state index contributed by atoms with van der Waals surface area (Å²) in [6, 6.07) is 14.5. The molecule has 0 aliphatic heterocycles. The Labute approximate surface area is 215 Å². The SMILES string of the molecule is O=COc1ccc(C(=O)O)c(OCCOc2ccccc2OCCOc2cc(C(=O)O)ccc2OC=O)c1. The van der Waals surface area contributed by atoms with E-state index in [4.69, 9.17) is 33.5 Å². The number of hydrogen-bond acceptors (Lipinski definition) is 10. The topological polar surface area (TPSA) is 164 Å². The number of carboxylic acid groups (broad SMARTS) is 2. The first kappa shape index (κ1) is 27.3. The van der Waals surface area contributed by atoms with E-state index in [2.05, 4.69) is 0 Å². The van der Waals surface area contributed by atoms with Crippen LogP contribution in [-0.4, -0.2) is 61.5 Å². The number of benzene rings is 3. The van der Waals surface area contributed by atoms with E-state index in [1.807, 2.05) is 0 Å². The highest BCUT2D eigenvalue weighted by molar-refractivity contribution is 5.91. The van der Waals surface area contributed by atoms with Gasteiger partial charge in [0.15, 0.2) is 23.0 Å². The zero-order valence-electron chi connectivity index (χ0n) is 19.7. The molecule has 0 radical (unpaired) electrons. The van der Waals surface area contributed by atoms with Gasteiger partial charge in [0.05, 0.1) is 5.56 Å². The van der Waals surface area contributed by atoms with Gasteiger partial charge in [-0.2, -0.15) is 0 Å². The van der Waals surface area contributed by atoms with Crippen LogP contribution in [0.2, 0.25) is 0 Å². The zero-order chi connectivity index (χ0) is 27.3. The van der Waals surface area contributed by atoms with E-state index in [9.17, 15) is 24.3 Å². The summed E-state index contributed by atoms with van der Waals surface area (Å²) in [5.41, 5.74) is -0.152. The summed E-state index contributed by atoms with van der Waals surface area (Å²) in [6.07, 6.45) is 0. The van der Waals surface area contributed by atoms with Crippen LogP contribution in [0.4, 0.5) is 0 Å². The van der Waals surface area contributed by atoms with Crippen molar-refractivity contribution in [1.29, 1.82) is 0 Å². The minimum Gasteiger partial charge on any atom is -0.489 e. The first-order chi connectivity index (χ1) is 18.4. The minimum atomic E-state index is -1.21. The number of ether oxygens (including phenoxy) is 6. The highest BCUT2D eigenvalue weighted by Gasteiger charge is 2.14. The summed E-state index contributed by atoms with van der Waals surface area (Å²) in [5, 5.41) is 18.5. The van der Waals surface area contributed by atoms with Crippen LogP contribution in [0.3, 0.4) is 0 Å². The monoisotopic (exact) mass is 526 g/mol. The molecule has 0 aliphatic carbocycles. The summed E-state index contributed by atoms with van der Waals surface area (Å²) in [4.78, 5) is 43.8. The molecule has 3 aromatic rings. The van der Waals surface area contributed by atoms with Crippen molar-refractivity contribution in [3.63, 3.8) is 0 Å². The number of hydrogen-bond donors (Lipinski definition) is 2. The first-order valence-electron chi connectivity index (χ1n) is 11.0. The molecule has 198 valence electrons. The standard InChI is InChI=1S/C26H22O12/c27-15-37-18-6-7-19(26(31)32)23(14-18)35-11-9-33-20-3-1-2-4-21(20)34-10-12-36-24-13-17(25(29)30)5-8-22(24)38-16-28/h1-8,13-16H,9-12H2,(H,29,30)(H,31,32). The molecule has 0 heterocycles. The first-order valence-corrected chi connectivity index (χ1v) is 11.0. The molecule has 38 heavy (non-hydrogen) atoms. The second-order valence-corrected chi connectivity index (χ2v) is 7.20. The number of carbonyl (C=O) groups is 4. The van der Waals surface area contributed by atoms with E-state index in [-0.39, 0.29) is 73.5 Å². The maximum atomic E-state index is 11.4. The second-order valence-electron chi connectivity index (χ2n) is 7.20. The third-order valence-corrected chi connectivity index (χ3v) is 4.78. The van der Waals surface area contributed by atoms with Crippen molar-refractivity contribution in [2.75, 3.05) is 26.4 Å². The Hall–Kier alpha value is -5.26. The highest BCUT2D eigenvalue weighted by Crippen LogP contribution is 2.29. The minimum absolute atomic E-state index is 0.00651. The third-order valence-electron chi connectivity index (χ3n) is 4.78. The van der Waals surface area contributed by atoms with Crippen molar-refractivity contribution in [3.05, 3.63) is 71.8 Å². The van der Waals surface area contributed by atoms with Crippen molar-refractivity contribution in [2.24, 2.45) is 0 Å². The van der Waals surface area contributed by atoms with Crippen LogP contribution in [-0.2, 0) is 9.59 Å². The van der Waals surface area contributed by atoms with Gasteiger partial charge in [-0.1, -0.05) is 12.1 Å². The molecule has 2 N–H and O–H groups in total. The van der Waals surface area contributed by atoms with Gasteiger partial charge in [0.2, 0.25) is 0 Å². The van der Waals surface area contributed by atoms with Crippen LogP contribution in [0.5, 0.6) is 34.5 Å². The number of para-hydroxylation sites is 2. The van der Waals surface area contributed by atoms with Crippen LogP contribution >= 0.6 is 0 Å². The molecule has 0 aromatic heterocycles. The van der Waals surface area contributed by atoms with Gasteiger partial charge >= 0.3 is 11.9 Å². The maximum absolute atomic E-state index is 11.4. The molecule has 0 spiro atoms. The van der Waals surface area contributed by atoms with Crippen LogP contribution in [0, 0.1) is 0 Å². The summed E-state index contributed by atoms with van der Waals surface area (Å²) < 4.78 is 32.0. The number of carbonyl (C=O) groups excluding carboxylic acids is 2. The molecule has 0 unspecified atom stereocenters. The van der Waals surface area contributed by atoms with E-state index in [0.717, 1.165) is 0 Å². The van der Waals surface area contributed by atoms with Gasteiger partial charge < -0.3 is 38.6 Å². The lowest BCUT2D eigenvalue weighted by molar-refractivity contribution is -0.121. The van der Waals surface area contributed by atoms with Gasteiger partial charge in [0, 0.05) is 6.07 Å². The van der Waals surface area contributed by atoms with E-state index < -0.39 is 11.9 Å². The molecule has 0 aliphatic rings. The molecule has 0 saturated heterocycles. The van der Waals surface area contributed by atoms with Gasteiger partial charge in [0.1, 0.15) is 43.5 Å². The Balaban J connectivity index is 1.54. The van der Waals surface area contributed by atoms with Crippen molar-refractivity contribution < 1.29 is 57.8 Å². The average Bonchev–Trinajstić information content (AvgIpc) is 2.90. The maximum Gasteiger partial charge on any atom is 0.339 e. The average molecular weight is 526 g/mol. The van der Waals surface area contributed by atoms with Crippen LogP contribution in [0.15, 0.2) is 60.7 Å². The normalized spacial score (nSPS) is 10.1. The fourth-order valence-electron chi connectivity index (χ4n) is 3.13. The van der Waals surface area contributed by atoms with E-state index in [1.165, 1.54) is 36.4 Å². The fourth-order valence-corrected chi connectivity index (χ4v) is 3.13. The Bertz CT molecular complexity index is 1290. The number of carboxylic acids is 2. The number of aromatic carboxylic acids is 2. The van der Waals surface area contributed by atoms with Gasteiger partial charge in [-0.15, -0.1) is 0 Å². The van der Waals surface area contributed by atoms with Gasteiger partial charge in [-0.3, -0.25) is 9.59 Å². The highest BCUT2D eigenvalue weighted by atomic mass is 16.6. The van der Waals surface area contributed by atoms with Gasteiger partial charge in [-0.05, 0) is 42.5 Å². The lowest BCUT2D eigenvalue weighted by Gasteiger charge is -2.15. The molecule has 3 rings (SSSR count). The van der Waals surface area contributed by atoms with Crippen molar-refractivity contribution in [2.45, 2.75) is 0 Å². The van der Waals surface area contributed by atoms with E-state index in [1.54, 1.807) is 24.3 Å². The third kappa shape index (κ3) is 7.62. The molecule has 12 heteroatoms. The summed E-state index contributed by atoms with van der Waals surface area (Å²) in [6.45, 7) is 0.460. The Morgan fingerprint density at radius 1 is 0.605 bits per heavy atom. The molecule has 3 aromatic carbocycles. The molecule has 12 nitrogen and oxygen atoms in total. The lowest BCUT2D eigenvalue weighted by Crippen LogP contribution is -2.13. The van der Waals surface area contributed by atoms with Gasteiger partial charge in [-0.25, -0.2) is 9.59 Å². The summed E-state index contributed by atoms with van der Waals surface area (Å²) in [5.74, 6) is -1.36. The smallest absolute Gasteiger partial charge is 0.339 e. The summed E-state index contributed by atoms with van der Waals surface area (Å²) in [7, 11) is 0. The van der Waals surface area contributed by atoms with Crippen LogP contribution in [0.25, 0.3) is 0 Å². The van der Waals surface area contributed by atoms with Gasteiger partial charge in [0.25, 0.3) is 12.9 Å². The Kier molecular flexibility index (Phi) is 9.87. The van der Waals surface area contributed by atoms with Crippen LogP contribution in [0.1, 0.15) is 20.7 Å². The summed E-state index contributed by atoms with van der Waals surface area (Å²) >= 11 is 0. The van der Waals surface area contributed by atoms with E-state index in [0.29, 0.717) is 11.5 Å². The predicted molar refractivity (Wildman–Crippen MR) is 129 cm³/mol. The van der Waals surface area contributed by atoms with Crippen molar-refractivity contribution in [1.82, 2.24) is 0 Å². The molecule has 0 atom stereocenters. The molecule has 0 bridgehead atoms. The number of rotatable bonds is 16. The lowest BCUT2D eigenvalue weighted by atomic mass is 10.2. The Morgan fingerprint density at radius 3 is 1.74 bits per heavy atom. The van der Waals surface area contributed by atoms with E-state index >= 15 is 0 Å². The molecule has 0 saturated carbocycles. The Morgan fingerprint density at radius 2 is 1.18 bits per heavy atom. The van der Waals surface area contributed by atoms with Crippen molar-refractivity contribution >= 4 is 24.9 Å².